The Hall–Kier alpha value is -8.98. The van der Waals surface area contributed by atoms with Crippen LogP contribution in [0.15, 0.2) is 279 Å². The molecule has 70 heavy (non-hydrogen) atoms. The molecule has 2 heteroatoms. The number of anilines is 3. The molecular formula is C68H46N2. The van der Waals surface area contributed by atoms with E-state index in [0.29, 0.717) is 0 Å². The second-order valence-corrected chi connectivity index (χ2v) is 18.7. The lowest BCUT2D eigenvalue weighted by Crippen LogP contribution is -2.44. The molecule has 12 aromatic rings. The Balaban J connectivity index is 1.10. The van der Waals surface area contributed by atoms with Crippen LogP contribution in [0.5, 0.6) is 0 Å². The van der Waals surface area contributed by atoms with Gasteiger partial charge in [-0.2, -0.15) is 0 Å². The first-order chi connectivity index (χ1) is 34.8. The molecule has 1 heterocycles. The van der Waals surface area contributed by atoms with Gasteiger partial charge >= 0.3 is 0 Å². The molecule has 0 bridgehead atoms. The lowest BCUT2D eigenvalue weighted by molar-refractivity contribution is 0.627. The second-order valence-electron chi connectivity index (χ2n) is 18.7. The topological polar surface area (TPSA) is 8.17 Å². The van der Waals surface area contributed by atoms with Gasteiger partial charge in [-0.15, -0.1) is 0 Å². The van der Waals surface area contributed by atoms with Crippen molar-refractivity contribution in [1.29, 1.82) is 0 Å². The number of hydrogen-bond donors (Lipinski definition) is 0. The molecule has 0 N–H and O–H groups in total. The van der Waals surface area contributed by atoms with Gasteiger partial charge in [-0.3, -0.25) is 0 Å². The quantitative estimate of drug-likeness (QED) is 0.148. The van der Waals surface area contributed by atoms with Crippen LogP contribution in [0, 0.1) is 0 Å². The second kappa shape index (κ2) is 15.8. The van der Waals surface area contributed by atoms with Gasteiger partial charge < -0.3 is 9.47 Å². The van der Waals surface area contributed by atoms with E-state index in [1.807, 2.05) is 0 Å². The van der Waals surface area contributed by atoms with Crippen LogP contribution in [0.25, 0.3) is 49.7 Å². The highest BCUT2D eigenvalue weighted by molar-refractivity contribution is 6.10. The summed E-state index contributed by atoms with van der Waals surface area (Å²) in [4.78, 5) is 2.51. The summed E-state index contributed by atoms with van der Waals surface area (Å²) in [6.45, 7) is 0. The van der Waals surface area contributed by atoms with Gasteiger partial charge in [-0.05, 0) is 115 Å². The van der Waals surface area contributed by atoms with Gasteiger partial charge in [0.15, 0.2) is 0 Å². The minimum atomic E-state index is -0.759. The summed E-state index contributed by atoms with van der Waals surface area (Å²) < 4.78 is 2.42. The van der Waals surface area contributed by atoms with Crippen LogP contribution in [0.3, 0.4) is 0 Å². The smallest absolute Gasteiger partial charge is 0.0728 e. The lowest BCUT2D eigenvalue weighted by Gasteiger charge is -2.50. The molecule has 0 radical (unpaired) electrons. The molecule has 328 valence electrons. The summed E-state index contributed by atoms with van der Waals surface area (Å²) in [5.74, 6) is 0. The summed E-state index contributed by atoms with van der Waals surface area (Å²) in [6.07, 6.45) is 0. The molecule has 0 amide bonds. The molecule has 14 rings (SSSR count). The Morgan fingerprint density at radius 2 is 0.800 bits per heavy atom. The molecule has 11 aromatic carbocycles. The van der Waals surface area contributed by atoms with Crippen LogP contribution in [-0.4, -0.2) is 4.57 Å². The highest BCUT2D eigenvalue weighted by atomic mass is 15.1. The molecule has 0 fully saturated rings. The van der Waals surface area contributed by atoms with Crippen molar-refractivity contribution in [2.75, 3.05) is 4.90 Å². The van der Waals surface area contributed by atoms with Crippen molar-refractivity contribution in [1.82, 2.24) is 4.57 Å². The van der Waals surface area contributed by atoms with E-state index in [9.17, 15) is 0 Å². The zero-order valence-electron chi connectivity index (χ0n) is 38.5. The third-order valence-electron chi connectivity index (χ3n) is 15.3. The van der Waals surface area contributed by atoms with Crippen LogP contribution >= 0.6 is 0 Å². The first-order valence-corrected chi connectivity index (χ1v) is 24.3. The van der Waals surface area contributed by atoms with Gasteiger partial charge in [0.2, 0.25) is 0 Å². The minimum Gasteiger partial charge on any atom is -0.310 e. The Morgan fingerprint density at radius 1 is 0.300 bits per heavy atom. The summed E-state index contributed by atoms with van der Waals surface area (Å²) >= 11 is 0. The normalized spacial score (nSPS) is 16.4. The van der Waals surface area contributed by atoms with E-state index < -0.39 is 10.8 Å². The van der Waals surface area contributed by atoms with Gasteiger partial charge in [0.25, 0.3) is 0 Å². The van der Waals surface area contributed by atoms with Gasteiger partial charge in [-0.1, -0.05) is 231 Å². The fourth-order valence-corrected chi connectivity index (χ4v) is 12.6. The third-order valence-corrected chi connectivity index (χ3v) is 15.3. The number of para-hydroxylation sites is 3. The number of rotatable bonds is 8. The maximum absolute atomic E-state index is 2.51. The molecule has 2 aliphatic carbocycles. The Morgan fingerprint density at radius 3 is 1.53 bits per heavy atom. The predicted octanol–water partition coefficient (Wildman–Crippen LogP) is 17.0. The number of aromatic nitrogens is 1. The zero-order chi connectivity index (χ0) is 46.2. The first kappa shape index (κ1) is 40.1. The number of nitrogens with zero attached hydrogens (tertiary/aromatic N) is 2. The maximum Gasteiger partial charge on any atom is 0.0728 e. The van der Waals surface area contributed by atoms with E-state index in [4.69, 9.17) is 0 Å². The monoisotopic (exact) mass is 890 g/mol. The Labute approximate surface area is 408 Å². The van der Waals surface area contributed by atoms with Crippen LogP contribution < -0.4 is 4.90 Å². The van der Waals surface area contributed by atoms with Crippen molar-refractivity contribution < 1.29 is 0 Å². The largest absolute Gasteiger partial charge is 0.310 e. The fourth-order valence-electron chi connectivity index (χ4n) is 12.6. The predicted molar refractivity (Wildman–Crippen MR) is 290 cm³/mol. The fraction of sp³-hybridized carbons (Fsp3) is 0.0294. The molecule has 0 aliphatic heterocycles. The van der Waals surface area contributed by atoms with E-state index >= 15 is 0 Å². The van der Waals surface area contributed by atoms with Gasteiger partial charge in [-0.25, -0.2) is 0 Å². The molecule has 2 atom stereocenters. The van der Waals surface area contributed by atoms with Crippen LogP contribution in [0.2, 0.25) is 0 Å². The van der Waals surface area contributed by atoms with Crippen LogP contribution in [0.4, 0.5) is 17.1 Å². The molecule has 2 unspecified atom stereocenters. The summed E-state index contributed by atoms with van der Waals surface area (Å²) in [7, 11) is 0. The van der Waals surface area contributed by atoms with E-state index in [2.05, 4.69) is 289 Å². The summed E-state index contributed by atoms with van der Waals surface area (Å²) in [5.41, 5.74) is 20.6. The minimum absolute atomic E-state index is 0.545. The van der Waals surface area contributed by atoms with Crippen LogP contribution in [-0.2, 0) is 10.8 Å². The van der Waals surface area contributed by atoms with Crippen molar-refractivity contribution in [3.05, 3.63) is 324 Å². The Bertz CT molecular complexity index is 3930. The van der Waals surface area contributed by atoms with Gasteiger partial charge in [0, 0.05) is 27.8 Å². The van der Waals surface area contributed by atoms with Gasteiger partial charge in [0.05, 0.1) is 27.6 Å². The summed E-state index contributed by atoms with van der Waals surface area (Å²) in [5, 5.41) is 2.45. The average Bonchev–Trinajstić information content (AvgIpc) is 3.94. The third kappa shape index (κ3) is 5.62. The average molecular weight is 891 g/mol. The van der Waals surface area contributed by atoms with E-state index in [0.717, 1.165) is 28.3 Å². The van der Waals surface area contributed by atoms with E-state index in [-0.39, 0.29) is 0 Å². The van der Waals surface area contributed by atoms with Gasteiger partial charge in [0.1, 0.15) is 0 Å². The molecule has 0 saturated heterocycles. The van der Waals surface area contributed by atoms with Crippen molar-refractivity contribution in [2.24, 2.45) is 0 Å². The van der Waals surface area contributed by atoms with Crippen molar-refractivity contribution in [2.45, 2.75) is 10.8 Å². The SMILES string of the molecule is c1ccc(-c2ccc(N(c3ccc4c5ccccc5n(-c5ccccc5)c4c3)c3ccccc3C3(c4ccccc4)c4ccccc4C4(c5ccccc5)c5ccccc5-c5cccc3c54)cc2)cc1. The number of benzene rings is 11. The molecular weight excluding hydrogens is 845 g/mol. The molecule has 0 saturated carbocycles. The van der Waals surface area contributed by atoms with Crippen molar-refractivity contribution in [3.63, 3.8) is 0 Å². The van der Waals surface area contributed by atoms with E-state index in [1.54, 1.807) is 0 Å². The first-order valence-electron chi connectivity index (χ1n) is 24.3. The highest BCUT2D eigenvalue weighted by Crippen LogP contribution is 2.66. The molecule has 1 aromatic heterocycles. The molecule has 2 aliphatic rings. The maximum atomic E-state index is 2.51. The van der Waals surface area contributed by atoms with Crippen molar-refractivity contribution in [3.8, 4) is 27.9 Å². The Kier molecular flexibility index (Phi) is 9.06. The summed E-state index contributed by atoms with van der Waals surface area (Å²) in [6, 6.07) is 104. The van der Waals surface area contributed by atoms with Crippen molar-refractivity contribution >= 4 is 38.9 Å². The van der Waals surface area contributed by atoms with Crippen LogP contribution in [0.1, 0.15) is 44.5 Å². The highest BCUT2D eigenvalue weighted by Gasteiger charge is 2.58. The number of hydrogen-bond acceptors (Lipinski definition) is 1. The lowest BCUT2D eigenvalue weighted by atomic mass is 9.51. The number of fused-ring (bicyclic) bond motifs is 8. The molecule has 0 spiro atoms. The standard InChI is InChI=1S/C68H46N2/c1-5-22-47(23-6-1)48-40-42-52(43-41-48)69(53-44-45-56-55-31-14-19-38-63(55)70(65(56)46-53)51-28-11-4-12-29-51)64-39-20-18-36-61(64)67(49-24-7-2-8-25-49)59-34-16-17-35-60(59)68(50-26-9-3-10-27-50)58-33-15-13-30-54(58)57-32-21-37-62(67)66(57)68/h1-46H. The molecule has 2 nitrogen and oxygen atoms in total. The van der Waals surface area contributed by atoms with E-state index in [1.165, 1.54) is 83.1 Å². The zero-order valence-corrected chi connectivity index (χ0v) is 38.5.